The normalized spacial score (nSPS) is 10.7. The van der Waals surface area contributed by atoms with Crippen LogP contribution in [0.25, 0.3) is 0 Å². The minimum Gasteiger partial charge on any atom is -0.466 e. The molecule has 0 radical (unpaired) electrons. The van der Waals surface area contributed by atoms with E-state index in [1.165, 1.54) is 70.6 Å². The number of hydrogen-bond acceptors (Lipinski definition) is 3. The van der Waals surface area contributed by atoms with Gasteiger partial charge in [-0.2, -0.15) is 0 Å². The van der Waals surface area contributed by atoms with Gasteiger partial charge in [-0.1, -0.05) is 102 Å². The van der Waals surface area contributed by atoms with E-state index in [1.807, 2.05) is 30.3 Å². The third kappa shape index (κ3) is 13.4. The lowest BCUT2D eigenvalue weighted by atomic mass is 10.0. The fourth-order valence-electron chi connectivity index (χ4n) is 3.55. The van der Waals surface area contributed by atoms with Gasteiger partial charge < -0.3 is 9.64 Å². The summed E-state index contributed by atoms with van der Waals surface area (Å²) in [4.78, 5) is 25.6. The van der Waals surface area contributed by atoms with Crippen molar-refractivity contribution in [3.05, 3.63) is 30.3 Å². The van der Waals surface area contributed by atoms with Gasteiger partial charge in [-0.25, -0.2) is 0 Å². The molecular formula is C26H43NO3. The smallest absolute Gasteiger partial charge is 0.306 e. The lowest BCUT2D eigenvalue weighted by Gasteiger charge is -2.16. The van der Waals surface area contributed by atoms with Gasteiger partial charge in [-0.15, -0.1) is 0 Å². The Morgan fingerprint density at radius 3 is 1.77 bits per heavy atom. The second-order valence-electron chi connectivity index (χ2n) is 8.25. The summed E-state index contributed by atoms with van der Waals surface area (Å²) in [7, 11) is 1.73. The number of unbranched alkanes of at least 4 members (excludes halogenated alkanes) is 12. The van der Waals surface area contributed by atoms with Gasteiger partial charge in [0, 0.05) is 19.2 Å². The summed E-state index contributed by atoms with van der Waals surface area (Å²) >= 11 is 0. The van der Waals surface area contributed by atoms with Crippen LogP contribution in [-0.4, -0.2) is 25.5 Å². The van der Waals surface area contributed by atoms with E-state index in [9.17, 15) is 9.59 Å². The number of carbonyl (C=O) groups is 2. The molecule has 0 aliphatic carbocycles. The molecule has 0 N–H and O–H groups in total. The minimum absolute atomic E-state index is 0.0703. The number of hydrogen-bond donors (Lipinski definition) is 0. The molecule has 0 saturated carbocycles. The Kier molecular flexibility index (Phi) is 15.7. The minimum atomic E-state index is -0.274. The molecule has 4 nitrogen and oxygen atoms in total. The Bertz CT molecular complexity index is 559. The van der Waals surface area contributed by atoms with Crippen molar-refractivity contribution in [2.75, 3.05) is 18.6 Å². The molecule has 4 heteroatoms. The molecule has 0 aromatic heterocycles. The van der Waals surface area contributed by atoms with Crippen LogP contribution in [0.3, 0.4) is 0 Å². The summed E-state index contributed by atoms with van der Waals surface area (Å²) < 4.78 is 5.27. The molecule has 170 valence electrons. The number of carbonyl (C=O) groups excluding carboxylic acids is 2. The molecule has 0 heterocycles. The third-order valence-corrected chi connectivity index (χ3v) is 5.57. The van der Waals surface area contributed by atoms with Crippen LogP contribution < -0.4 is 4.90 Å². The van der Waals surface area contributed by atoms with Crippen molar-refractivity contribution in [2.45, 2.75) is 103 Å². The Morgan fingerprint density at radius 1 is 0.733 bits per heavy atom. The van der Waals surface area contributed by atoms with E-state index in [2.05, 4.69) is 6.92 Å². The first-order chi connectivity index (χ1) is 14.6. The van der Waals surface area contributed by atoms with Crippen LogP contribution in [0.1, 0.15) is 103 Å². The van der Waals surface area contributed by atoms with Crippen LogP contribution in [0.15, 0.2) is 30.3 Å². The molecule has 0 spiro atoms. The maximum absolute atomic E-state index is 12.2. The summed E-state index contributed by atoms with van der Waals surface area (Å²) in [6, 6.07) is 9.46. The maximum atomic E-state index is 12.2. The lowest BCUT2D eigenvalue weighted by Crippen LogP contribution is -2.26. The molecule has 1 aromatic rings. The molecular weight excluding hydrogens is 374 g/mol. The summed E-state index contributed by atoms with van der Waals surface area (Å²) in [6.45, 7) is 2.73. The predicted octanol–water partition coefficient (Wildman–Crippen LogP) is 7.06. The van der Waals surface area contributed by atoms with Crippen LogP contribution in [0.5, 0.6) is 0 Å². The van der Waals surface area contributed by atoms with Gasteiger partial charge in [-0.05, 0) is 18.6 Å². The Morgan fingerprint density at radius 2 is 1.23 bits per heavy atom. The summed E-state index contributed by atoms with van der Waals surface area (Å²) in [5.74, 6) is -0.345. The van der Waals surface area contributed by atoms with Gasteiger partial charge in [0.15, 0.2) is 0 Å². The highest BCUT2D eigenvalue weighted by atomic mass is 16.5. The Labute approximate surface area is 184 Å². The molecule has 1 rings (SSSR count). The second kappa shape index (κ2) is 18.0. The van der Waals surface area contributed by atoms with Crippen molar-refractivity contribution in [2.24, 2.45) is 0 Å². The van der Waals surface area contributed by atoms with Crippen LogP contribution in [0, 0.1) is 0 Å². The zero-order valence-corrected chi connectivity index (χ0v) is 19.4. The molecule has 30 heavy (non-hydrogen) atoms. The van der Waals surface area contributed by atoms with E-state index >= 15 is 0 Å². The fourth-order valence-corrected chi connectivity index (χ4v) is 3.55. The Hall–Kier alpha value is -1.84. The third-order valence-electron chi connectivity index (χ3n) is 5.57. The molecule has 1 amide bonds. The highest BCUT2D eigenvalue weighted by molar-refractivity contribution is 5.94. The zero-order valence-electron chi connectivity index (χ0n) is 19.4. The summed E-state index contributed by atoms with van der Waals surface area (Å²) in [6.07, 6.45) is 17.2. The van der Waals surface area contributed by atoms with Crippen LogP contribution in [0.4, 0.5) is 5.69 Å². The Balaban J connectivity index is 1.90. The molecule has 0 unspecified atom stereocenters. The number of para-hydroxylation sites is 1. The summed E-state index contributed by atoms with van der Waals surface area (Å²) in [5, 5.41) is 0. The van der Waals surface area contributed by atoms with Crippen molar-refractivity contribution >= 4 is 17.6 Å². The molecule has 1 aromatic carbocycles. The molecule has 0 bridgehead atoms. The van der Waals surface area contributed by atoms with Gasteiger partial charge in [0.05, 0.1) is 13.0 Å². The molecule has 0 aliphatic heterocycles. The highest BCUT2D eigenvalue weighted by Gasteiger charge is 2.13. The van der Waals surface area contributed by atoms with Gasteiger partial charge in [0.2, 0.25) is 5.91 Å². The van der Waals surface area contributed by atoms with Gasteiger partial charge in [-0.3, -0.25) is 9.59 Å². The first kappa shape index (κ1) is 26.2. The quantitative estimate of drug-likeness (QED) is 0.190. The van der Waals surface area contributed by atoms with Crippen molar-refractivity contribution in [3.63, 3.8) is 0 Å². The number of ether oxygens (including phenoxy) is 1. The van der Waals surface area contributed by atoms with Crippen molar-refractivity contribution in [3.8, 4) is 0 Å². The molecule has 0 aliphatic rings. The van der Waals surface area contributed by atoms with Gasteiger partial charge in [0.25, 0.3) is 0 Å². The number of nitrogens with zero attached hydrogens (tertiary/aromatic N) is 1. The van der Waals surface area contributed by atoms with Crippen LogP contribution in [-0.2, 0) is 14.3 Å². The standard InChI is InChI=1S/C26H43NO3/c1-3-4-5-6-7-8-9-10-11-12-13-14-18-23-30-26(29)22-21-25(28)27(2)24-19-16-15-17-20-24/h15-17,19-20H,3-14,18,21-23H2,1-2H3. The van der Waals surface area contributed by atoms with E-state index in [4.69, 9.17) is 4.74 Å². The average molecular weight is 418 g/mol. The maximum Gasteiger partial charge on any atom is 0.306 e. The second-order valence-corrected chi connectivity index (χ2v) is 8.25. The average Bonchev–Trinajstić information content (AvgIpc) is 2.77. The van der Waals surface area contributed by atoms with E-state index in [1.54, 1.807) is 11.9 Å². The fraction of sp³-hybridized carbons (Fsp3) is 0.692. The summed E-state index contributed by atoms with van der Waals surface area (Å²) in [5.41, 5.74) is 0.836. The number of amides is 1. The topological polar surface area (TPSA) is 46.6 Å². The number of anilines is 1. The number of benzene rings is 1. The van der Waals surface area contributed by atoms with Crippen molar-refractivity contribution in [1.29, 1.82) is 0 Å². The molecule has 0 atom stereocenters. The van der Waals surface area contributed by atoms with Crippen molar-refractivity contribution in [1.82, 2.24) is 0 Å². The number of rotatable bonds is 18. The zero-order chi connectivity index (χ0) is 21.9. The lowest BCUT2D eigenvalue weighted by molar-refractivity contribution is -0.144. The van der Waals surface area contributed by atoms with Crippen molar-refractivity contribution < 1.29 is 14.3 Å². The van der Waals surface area contributed by atoms with Gasteiger partial charge in [0.1, 0.15) is 0 Å². The first-order valence-electron chi connectivity index (χ1n) is 12.1. The van der Waals surface area contributed by atoms with E-state index in [-0.39, 0.29) is 24.7 Å². The monoisotopic (exact) mass is 417 g/mol. The number of esters is 1. The van der Waals surface area contributed by atoms with Crippen LogP contribution >= 0.6 is 0 Å². The molecule has 0 saturated heterocycles. The van der Waals surface area contributed by atoms with Gasteiger partial charge >= 0.3 is 5.97 Å². The first-order valence-corrected chi connectivity index (χ1v) is 12.1. The largest absolute Gasteiger partial charge is 0.466 e. The van der Waals surface area contributed by atoms with Crippen LogP contribution in [0.2, 0.25) is 0 Å². The molecule has 0 fully saturated rings. The van der Waals surface area contributed by atoms with E-state index in [0.29, 0.717) is 6.61 Å². The SMILES string of the molecule is CCCCCCCCCCCCCCCOC(=O)CCC(=O)N(C)c1ccccc1. The highest BCUT2D eigenvalue weighted by Crippen LogP contribution is 2.14. The van der Waals surface area contributed by atoms with E-state index < -0.39 is 0 Å². The van der Waals surface area contributed by atoms with E-state index in [0.717, 1.165) is 18.5 Å². The predicted molar refractivity (Wildman–Crippen MR) is 126 cm³/mol.